The van der Waals surface area contributed by atoms with Crippen molar-refractivity contribution in [2.45, 2.75) is 25.4 Å². The summed E-state index contributed by atoms with van der Waals surface area (Å²) in [5, 5.41) is 0. The molecular formula is C10H19N3S. The summed E-state index contributed by atoms with van der Waals surface area (Å²) in [6.45, 7) is 3.01. The average molecular weight is 213 g/mol. The van der Waals surface area contributed by atoms with Crippen molar-refractivity contribution in [1.29, 1.82) is 0 Å². The van der Waals surface area contributed by atoms with Gasteiger partial charge in [-0.15, -0.1) is 11.8 Å². The van der Waals surface area contributed by atoms with Crippen LogP contribution in [-0.2, 0) is 0 Å². The number of hydrazine groups is 1. The summed E-state index contributed by atoms with van der Waals surface area (Å²) in [5.41, 5.74) is 2.88. The van der Waals surface area contributed by atoms with E-state index < -0.39 is 0 Å². The molecule has 2 unspecified atom stereocenters. The highest BCUT2D eigenvalue weighted by Gasteiger charge is 2.26. The van der Waals surface area contributed by atoms with Crippen molar-refractivity contribution in [3.8, 4) is 11.8 Å². The maximum atomic E-state index is 5.55. The number of thioether (sulfide) groups is 1. The van der Waals surface area contributed by atoms with Gasteiger partial charge in [0.05, 0.1) is 0 Å². The van der Waals surface area contributed by atoms with Crippen molar-refractivity contribution < 1.29 is 0 Å². The van der Waals surface area contributed by atoms with Gasteiger partial charge in [0.2, 0.25) is 0 Å². The molecule has 0 bridgehead atoms. The molecule has 0 radical (unpaired) electrons. The second-order valence-corrected chi connectivity index (χ2v) is 4.68. The van der Waals surface area contributed by atoms with Gasteiger partial charge in [-0.3, -0.25) is 11.3 Å². The third-order valence-corrected chi connectivity index (χ3v) is 3.67. The quantitative estimate of drug-likeness (QED) is 0.401. The number of rotatable bonds is 3. The number of hydrogen-bond acceptors (Lipinski definition) is 4. The molecule has 0 aromatic carbocycles. The predicted octanol–water partition coefficient (Wildman–Crippen LogP) is 0.279. The van der Waals surface area contributed by atoms with Gasteiger partial charge in [0.25, 0.3) is 0 Å². The second-order valence-electron chi connectivity index (χ2n) is 3.53. The lowest BCUT2D eigenvalue weighted by molar-refractivity contribution is 0.217. The molecule has 0 amide bonds. The first-order chi connectivity index (χ1) is 6.79. The standard InChI is InChI=1S/C10H19N3S/c1-3-4-5-9(12-11)10-8-14-7-6-13(10)2/h9-10,12H,5-8,11H2,1-2H3. The van der Waals surface area contributed by atoms with Crippen molar-refractivity contribution in [2.24, 2.45) is 5.84 Å². The lowest BCUT2D eigenvalue weighted by Crippen LogP contribution is -2.54. The Morgan fingerprint density at radius 3 is 3.07 bits per heavy atom. The molecule has 1 rings (SSSR count). The number of nitrogens with two attached hydrogens (primary N) is 1. The Morgan fingerprint density at radius 2 is 2.50 bits per heavy atom. The van der Waals surface area contributed by atoms with Crippen LogP contribution in [0.3, 0.4) is 0 Å². The molecule has 1 fully saturated rings. The van der Waals surface area contributed by atoms with E-state index in [4.69, 9.17) is 5.84 Å². The van der Waals surface area contributed by atoms with Crippen LogP contribution >= 0.6 is 11.8 Å². The molecule has 0 aromatic rings. The molecule has 0 aromatic heterocycles. The highest BCUT2D eigenvalue weighted by Crippen LogP contribution is 2.18. The summed E-state index contributed by atoms with van der Waals surface area (Å²) in [5.74, 6) is 13.9. The summed E-state index contributed by atoms with van der Waals surface area (Å²) < 4.78 is 0. The van der Waals surface area contributed by atoms with Crippen LogP contribution in [0, 0.1) is 11.8 Å². The van der Waals surface area contributed by atoms with Crippen LogP contribution in [0.5, 0.6) is 0 Å². The molecular weight excluding hydrogens is 194 g/mol. The molecule has 3 N–H and O–H groups in total. The van der Waals surface area contributed by atoms with E-state index in [0.717, 1.165) is 18.7 Å². The van der Waals surface area contributed by atoms with Crippen molar-refractivity contribution in [2.75, 3.05) is 25.1 Å². The van der Waals surface area contributed by atoms with Crippen LogP contribution in [0.25, 0.3) is 0 Å². The van der Waals surface area contributed by atoms with E-state index in [1.165, 1.54) is 5.75 Å². The number of nitrogens with zero attached hydrogens (tertiary/aromatic N) is 1. The van der Waals surface area contributed by atoms with Gasteiger partial charge < -0.3 is 4.90 Å². The molecule has 0 saturated carbocycles. The molecule has 14 heavy (non-hydrogen) atoms. The fourth-order valence-electron chi connectivity index (χ4n) is 1.65. The Morgan fingerprint density at radius 1 is 1.71 bits per heavy atom. The smallest absolute Gasteiger partial charge is 0.0483 e. The van der Waals surface area contributed by atoms with Crippen molar-refractivity contribution in [3.05, 3.63) is 0 Å². The average Bonchev–Trinajstić information content (AvgIpc) is 2.21. The predicted molar refractivity (Wildman–Crippen MR) is 62.9 cm³/mol. The molecule has 0 aliphatic carbocycles. The van der Waals surface area contributed by atoms with Crippen LogP contribution in [-0.4, -0.2) is 42.1 Å². The highest BCUT2D eigenvalue weighted by atomic mass is 32.2. The van der Waals surface area contributed by atoms with Crippen molar-refractivity contribution in [3.63, 3.8) is 0 Å². The first-order valence-corrected chi connectivity index (χ1v) is 6.08. The van der Waals surface area contributed by atoms with Gasteiger partial charge in [0.15, 0.2) is 0 Å². The Hall–Kier alpha value is -0.210. The Kier molecular flexibility index (Phi) is 5.34. The normalized spacial score (nSPS) is 25.2. The Labute approximate surface area is 90.8 Å². The summed E-state index contributed by atoms with van der Waals surface area (Å²) in [7, 11) is 2.16. The van der Waals surface area contributed by atoms with E-state index in [2.05, 4.69) is 29.2 Å². The van der Waals surface area contributed by atoms with Gasteiger partial charge in [-0.1, -0.05) is 0 Å². The Bertz CT molecular complexity index is 221. The zero-order valence-corrected chi connectivity index (χ0v) is 9.73. The molecule has 3 nitrogen and oxygen atoms in total. The molecule has 1 saturated heterocycles. The van der Waals surface area contributed by atoms with E-state index in [9.17, 15) is 0 Å². The van der Waals surface area contributed by atoms with Gasteiger partial charge in [-0.2, -0.15) is 11.8 Å². The Balaban J connectivity index is 2.51. The minimum atomic E-state index is 0.292. The lowest BCUT2D eigenvalue weighted by atomic mass is 10.1. The largest absolute Gasteiger partial charge is 0.300 e. The summed E-state index contributed by atoms with van der Waals surface area (Å²) >= 11 is 2.00. The zero-order chi connectivity index (χ0) is 10.4. The van der Waals surface area contributed by atoms with E-state index in [-0.39, 0.29) is 0 Å². The number of likely N-dealkylation sites (N-methyl/N-ethyl adjacent to an activating group) is 1. The molecule has 2 atom stereocenters. The van der Waals surface area contributed by atoms with Crippen LogP contribution in [0.2, 0.25) is 0 Å². The van der Waals surface area contributed by atoms with Crippen LogP contribution < -0.4 is 11.3 Å². The molecule has 1 aliphatic heterocycles. The maximum absolute atomic E-state index is 5.55. The minimum absolute atomic E-state index is 0.292. The van der Waals surface area contributed by atoms with Crippen LogP contribution in [0.1, 0.15) is 13.3 Å². The molecule has 1 aliphatic rings. The summed E-state index contributed by atoms with van der Waals surface area (Å²) in [4.78, 5) is 2.37. The molecule has 4 heteroatoms. The van der Waals surface area contributed by atoms with Gasteiger partial charge in [-0.05, 0) is 14.0 Å². The minimum Gasteiger partial charge on any atom is -0.300 e. The first-order valence-electron chi connectivity index (χ1n) is 4.93. The van der Waals surface area contributed by atoms with Crippen molar-refractivity contribution in [1.82, 2.24) is 10.3 Å². The monoisotopic (exact) mass is 213 g/mol. The van der Waals surface area contributed by atoms with E-state index in [1.807, 2.05) is 18.7 Å². The summed E-state index contributed by atoms with van der Waals surface area (Å²) in [6.07, 6.45) is 0.836. The van der Waals surface area contributed by atoms with Gasteiger partial charge in [0.1, 0.15) is 0 Å². The third-order valence-electron chi connectivity index (χ3n) is 2.62. The summed E-state index contributed by atoms with van der Waals surface area (Å²) in [6, 6.07) is 0.805. The molecule has 0 spiro atoms. The number of nitrogens with one attached hydrogen (secondary N) is 1. The van der Waals surface area contributed by atoms with Crippen molar-refractivity contribution >= 4 is 11.8 Å². The third kappa shape index (κ3) is 3.18. The topological polar surface area (TPSA) is 41.3 Å². The van der Waals surface area contributed by atoms with Crippen LogP contribution in [0.15, 0.2) is 0 Å². The molecule has 1 heterocycles. The first kappa shape index (κ1) is 11.9. The SMILES string of the molecule is CC#CCC(NN)C1CSCCN1C. The second kappa shape index (κ2) is 6.31. The zero-order valence-electron chi connectivity index (χ0n) is 8.92. The van der Waals surface area contributed by atoms with Crippen LogP contribution in [0.4, 0.5) is 0 Å². The highest BCUT2D eigenvalue weighted by molar-refractivity contribution is 7.99. The maximum Gasteiger partial charge on any atom is 0.0483 e. The van der Waals surface area contributed by atoms with Gasteiger partial charge in [-0.25, -0.2) is 0 Å². The fraction of sp³-hybridized carbons (Fsp3) is 0.800. The van der Waals surface area contributed by atoms with Gasteiger partial charge >= 0.3 is 0 Å². The lowest BCUT2D eigenvalue weighted by Gasteiger charge is -2.36. The fourth-order valence-corrected chi connectivity index (χ4v) is 2.96. The van der Waals surface area contributed by atoms with Gasteiger partial charge in [0, 0.05) is 36.6 Å². The molecule has 80 valence electrons. The van der Waals surface area contributed by atoms with E-state index in [1.54, 1.807) is 0 Å². The van der Waals surface area contributed by atoms with E-state index in [0.29, 0.717) is 12.1 Å². The number of hydrogen-bond donors (Lipinski definition) is 2. The van der Waals surface area contributed by atoms with E-state index >= 15 is 0 Å².